The van der Waals surface area contributed by atoms with Gasteiger partial charge in [0.05, 0.1) is 11.7 Å². The Morgan fingerprint density at radius 3 is 2.89 bits per heavy atom. The van der Waals surface area contributed by atoms with E-state index in [1.54, 1.807) is 29.2 Å². The molecule has 2 heterocycles. The summed E-state index contributed by atoms with van der Waals surface area (Å²) in [5.74, 6) is 0.632. The molecule has 0 radical (unpaired) electrons. The monoisotopic (exact) mass is 243 g/mol. The van der Waals surface area contributed by atoms with E-state index in [0.717, 1.165) is 6.54 Å². The number of fused-ring (bicyclic) bond motifs is 1. The molecule has 2 aromatic heterocycles. The third-order valence-corrected chi connectivity index (χ3v) is 3.78. The zero-order chi connectivity index (χ0) is 12.4. The fourth-order valence-electron chi connectivity index (χ4n) is 2.78. The van der Waals surface area contributed by atoms with E-state index in [4.69, 9.17) is 0 Å². The fourth-order valence-corrected chi connectivity index (χ4v) is 2.78. The van der Waals surface area contributed by atoms with Gasteiger partial charge in [-0.3, -0.25) is 9.36 Å². The van der Waals surface area contributed by atoms with Gasteiger partial charge in [0, 0.05) is 12.7 Å². The average molecular weight is 243 g/mol. The van der Waals surface area contributed by atoms with E-state index >= 15 is 0 Å². The van der Waals surface area contributed by atoms with Gasteiger partial charge in [0.25, 0.3) is 5.56 Å². The number of rotatable bonds is 2. The molecular weight excluding hydrogens is 226 g/mol. The van der Waals surface area contributed by atoms with Crippen molar-refractivity contribution in [2.45, 2.75) is 38.6 Å². The Bertz CT molecular complexity index is 599. The molecule has 0 amide bonds. The number of nitrogens with zero attached hydrogens (tertiary/aromatic N) is 3. The zero-order valence-corrected chi connectivity index (χ0v) is 10.4. The van der Waals surface area contributed by atoms with Crippen LogP contribution in [0.15, 0.2) is 29.5 Å². The Labute approximate surface area is 106 Å². The fraction of sp³-hybridized carbons (Fsp3) is 0.500. The zero-order valence-electron chi connectivity index (χ0n) is 10.4. The SMILES string of the molecule is O=c1c2cccnc2ncn1CC1CCCCC1. The van der Waals surface area contributed by atoms with Gasteiger partial charge < -0.3 is 0 Å². The van der Waals surface area contributed by atoms with E-state index < -0.39 is 0 Å². The predicted octanol–water partition coefficient (Wildman–Crippen LogP) is 2.37. The van der Waals surface area contributed by atoms with Crippen LogP contribution in [-0.4, -0.2) is 14.5 Å². The van der Waals surface area contributed by atoms with Crippen molar-refractivity contribution >= 4 is 11.0 Å². The van der Waals surface area contributed by atoms with E-state index in [1.165, 1.54) is 32.1 Å². The first-order valence-corrected chi connectivity index (χ1v) is 6.65. The Morgan fingerprint density at radius 1 is 1.22 bits per heavy atom. The van der Waals surface area contributed by atoms with Crippen LogP contribution < -0.4 is 5.56 Å². The number of aromatic nitrogens is 3. The Kier molecular flexibility index (Phi) is 3.09. The molecule has 94 valence electrons. The molecule has 0 unspecified atom stereocenters. The van der Waals surface area contributed by atoms with Gasteiger partial charge in [-0.25, -0.2) is 9.97 Å². The standard InChI is InChI=1S/C14H17N3O/c18-14-12-7-4-8-15-13(12)16-10-17(14)9-11-5-2-1-3-6-11/h4,7-8,10-11H,1-3,5-6,9H2. The van der Waals surface area contributed by atoms with Crippen molar-refractivity contribution in [3.63, 3.8) is 0 Å². The highest BCUT2D eigenvalue weighted by molar-refractivity contribution is 5.72. The minimum Gasteiger partial charge on any atom is -0.298 e. The summed E-state index contributed by atoms with van der Waals surface area (Å²) in [6, 6.07) is 3.59. The second-order valence-electron chi connectivity index (χ2n) is 5.08. The van der Waals surface area contributed by atoms with Crippen molar-refractivity contribution in [1.29, 1.82) is 0 Å². The van der Waals surface area contributed by atoms with Gasteiger partial charge in [-0.05, 0) is 30.9 Å². The van der Waals surface area contributed by atoms with Gasteiger partial charge in [0.1, 0.15) is 0 Å². The molecule has 0 aliphatic heterocycles. The molecule has 0 aromatic carbocycles. The molecule has 1 fully saturated rings. The summed E-state index contributed by atoms with van der Waals surface area (Å²) < 4.78 is 1.75. The van der Waals surface area contributed by atoms with Gasteiger partial charge in [-0.2, -0.15) is 0 Å². The number of pyridine rings is 1. The van der Waals surface area contributed by atoms with Crippen LogP contribution in [0, 0.1) is 5.92 Å². The molecule has 2 aromatic rings. The van der Waals surface area contributed by atoms with Crippen LogP contribution in [0.2, 0.25) is 0 Å². The quantitative estimate of drug-likeness (QED) is 0.813. The van der Waals surface area contributed by atoms with Gasteiger partial charge >= 0.3 is 0 Å². The molecule has 4 nitrogen and oxygen atoms in total. The van der Waals surface area contributed by atoms with Crippen LogP contribution in [0.3, 0.4) is 0 Å². The lowest BCUT2D eigenvalue weighted by Crippen LogP contribution is -2.25. The normalized spacial score (nSPS) is 17.1. The lowest BCUT2D eigenvalue weighted by molar-refractivity contribution is 0.315. The minimum atomic E-state index is 0.0404. The van der Waals surface area contributed by atoms with Crippen LogP contribution in [0.1, 0.15) is 32.1 Å². The molecular formula is C14H17N3O. The smallest absolute Gasteiger partial charge is 0.262 e. The van der Waals surface area contributed by atoms with Crippen molar-refractivity contribution in [2.24, 2.45) is 5.92 Å². The minimum absolute atomic E-state index is 0.0404. The van der Waals surface area contributed by atoms with Crippen molar-refractivity contribution in [3.8, 4) is 0 Å². The first-order valence-electron chi connectivity index (χ1n) is 6.65. The summed E-state index contributed by atoms with van der Waals surface area (Å²) in [6.45, 7) is 0.802. The average Bonchev–Trinajstić information content (AvgIpc) is 2.43. The lowest BCUT2D eigenvalue weighted by Gasteiger charge is -2.22. The van der Waals surface area contributed by atoms with Gasteiger partial charge in [0.15, 0.2) is 5.65 Å². The van der Waals surface area contributed by atoms with Gasteiger partial charge in [0.2, 0.25) is 0 Å². The van der Waals surface area contributed by atoms with Crippen molar-refractivity contribution < 1.29 is 0 Å². The summed E-state index contributed by atoms with van der Waals surface area (Å²) in [7, 11) is 0. The van der Waals surface area contributed by atoms with Crippen LogP contribution in [0.5, 0.6) is 0 Å². The second kappa shape index (κ2) is 4.88. The van der Waals surface area contributed by atoms with E-state index in [9.17, 15) is 4.79 Å². The van der Waals surface area contributed by atoms with Crippen LogP contribution in [0.4, 0.5) is 0 Å². The molecule has 0 bridgehead atoms. The van der Waals surface area contributed by atoms with Gasteiger partial charge in [-0.15, -0.1) is 0 Å². The summed E-state index contributed by atoms with van der Waals surface area (Å²) in [4.78, 5) is 20.6. The first kappa shape index (κ1) is 11.4. The third-order valence-electron chi connectivity index (χ3n) is 3.78. The van der Waals surface area contributed by atoms with E-state index in [0.29, 0.717) is 17.0 Å². The summed E-state index contributed by atoms with van der Waals surface area (Å²) in [6.07, 6.45) is 9.71. The maximum atomic E-state index is 12.3. The summed E-state index contributed by atoms with van der Waals surface area (Å²) in [5.41, 5.74) is 0.584. The number of hydrogen-bond donors (Lipinski definition) is 0. The van der Waals surface area contributed by atoms with Crippen LogP contribution in [0.25, 0.3) is 11.0 Å². The number of hydrogen-bond acceptors (Lipinski definition) is 3. The van der Waals surface area contributed by atoms with E-state index in [1.807, 2.05) is 0 Å². The summed E-state index contributed by atoms with van der Waals surface area (Å²) >= 11 is 0. The molecule has 4 heteroatoms. The Morgan fingerprint density at radius 2 is 2.06 bits per heavy atom. The Balaban J connectivity index is 1.92. The highest BCUT2D eigenvalue weighted by Crippen LogP contribution is 2.24. The topological polar surface area (TPSA) is 47.8 Å². The molecule has 0 saturated heterocycles. The molecule has 0 N–H and O–H groups in total. The highest BCUT2D eigenvalue weighted by atomic mass is 16.1. The highest BCUT2D eigenvalue weighted by Gasteiger charge is 2.15. The predicted molar refractivity (Wildman–Crippen MR) is 70.4 cm³/mol. The van der Waals surface area contributed by atoms with E-state index in [-0.39, 0.29) is 5.56 Å². The molecule has 0 spiro atoms. The largest absolute Gasteiger partial charge is 0.298 e. The van der Waals surface area contributed by atoms with Crippen LogP contribution >= 0.6 is 0 Å². The van der Waals surface area contributed by atoms with E-state index in [2.05, 4.69) is 9.97 Å². The summed E-state index contributed by atoms with van der Waals surface area (Å²) in [5, 5.41) is 0.621. The van der Waals surface area contributed by atoms with Crippen molar-refractivity contribution in [1.82, 2.24) is 14.5 Å². The van der Waals surface area contributed by atoms with Crippen molar-refractivity contribution in [3.05, 3.63) is 35.0 Å². The van der Waals surface area contributed by atoms with Crippen molar-refractivity contribution in [2.75, 3.05) is 0 Å². The molecule has 0 atom stereocenters. The molecule has 1 saturated carbocycles. The van der Waals surface area contributed by atoms with Crippen LogP contribution in [-0.2, 0) is 6.54 Å². The first-order chi connectivity index (χ1) is 8.84. The molecule has 1 aliphatic carbocycles. The lowest BCUT2D eigenvalue weighted by atomic mass is 9.89. The maximum Gasteiger partial charge on any atom is 0.262 e. The third kappa shape index (κ3) is 2.15. The molecule has 1 aliphatic rings. The second-order valence-corrected chi connectivity index (χ2v) is 5.08. The van der Waals surface area contributed by atoms with Gasteiger partial charge in [-0.1, -0.05) is 19.3 Å². The Hall–Kier alpha value is -1.71. The molecule has 18 heavy (non-hydrogen) atoms. The molecule has 3 rings (SSSR count). The maximum absolute atomic E-state index is 12.3.